The first-order valence-electron chi connectivity index (χ1n) is 6.02. The second-order valence-corrected chi connectivity index (χ2v) is 4.41. The zero-order chi connectivity index (χ0) is 14.5. The monoisotopic (exact) mass is 274 g/mol. The van der Waals surface area contributed by atoms with Crippen LogP contribution in [0.3, 0.4) is 0 Å². The Kier molecular flexibility index (Phi) is 4.14. The molecule has 0 saturated heterocycles. The molecule has 0 unspecified atom stereocenters. The van der Waals surface area contributed by atoms with Gasteiger partial charge < -0.3 is 16.3 Å². The van der Waals surface area contributed by atoms with Crippen molar-refractivity contribution in [2.45, 2.75) is 13.5 Å². The van der Waals surface area contributed by atoms with Gasteiger partial charge in [0.15, 0.2) is 5.84 Å². The van der Waals surface area contributed by atoms with Gasteiger partial charge in [-0.25, -0.2) is 4.39 Å². The van der Waals surface area contributed by atoms with Gasteiger partial charge in [-0.2, -0.15) is 0 Å². The Bertz CT molecular complexity index is 623. The molecule has 2 rings (SSSR count). The number of rotatable bonds is 4. The average Bonchev–Trinajstić information content (AvgIpc) is 2.43. The molecular formula is C14H15FN4O. The molecule has 20 heavy (non-hydrogen) atoms. The van der Waals surface area contributed by atoms with E-state index in [-0.39, 0.29) is 11.7 Å². The summed E-state index contributed by atoms with van der Waals surface area (Å²) in [6.07, 6.45) is 1.57. The number of nitrogens with two attached hydrogens (primary N) is 1. The van der Waals surface area contributed by atoms with Gasteiger partial charge in [-0.3, -0.25) is 4.98 Å². The number of halogens is 1. The fourth-order valence-electron chi connectivity index (χ4n) is 1.82. The zero-order valence-corrected chi connectivity index (χ0v) is 11.0. The fraction of sp³-hybridized carbons (Fsp3) is 0.143. The van der Waals surface area contributed by atoms with Crippen molar-refractivity contribution < 1.29 is 9.60 Å². The smallest absolute Gasteiger partial charge is 0.188 e. The van der Waals surface area contributed by atoms with Crippen LogP contribution in [0.2, 0.25) is 0 Å². The summed E-state index contributed by atoms with van der Waals surface area (Å²) in [6.45, 7) is 2.31. The first-order chi connectivity index (χ1) is 9.58. The third-order valence-electron chi connectivity index (χ3n) is 2.73. The minimum Gasteiger partial charge on any atom is -0.409 e. The van der Waals surface area contributed by atoms with Crippen LogP contribution in [0.5, 0.6) is 0 Å². The van der Waals surface area contributed by atoms with Gasteiger partial charge in [0.2, 0.25) is 0 Å². The van der Waals surface area contributed by atoms with Gasteiger partial charge in [0.25, 0.3) is 0 Å². The van der Waals surface area contributed by atoms with Crippen molar-refractivity contribution in [2.75, 3.05) is 5.32 Å². The van der Waals surface area contributed by atoms with Crippen LogP contribution >= 0.6 is 0 Å². The summed E-state index contributed by atoms with van der Waals surface area (Å²) in [5.74, 6) is -0.326. The number of amidine groups is 1. The second-order valence-electron chi connectivity index (χ2n) is 4.41. The van der Waals surface area contributed by atoms with Crippen molar-refractivity contribution in [3.05, 3.63) is 59.2 Å². The lowest BCUT2D eigenvalue weighted by atomic mass is 10.2. The third-order valence-corrected chi connectivity index (χ3v) is 2.73. The molecule has 1 aromatic carbocycles. The van der Waals surface area contributed by atoms with Gasteiger partial charge in [-0.05, 0) is 48.4 Å². The van der Waals surface area contributed by atoms with Crippen LogP contribution in [0.1, 0.15) is 16.8 Å². The van der Waals surface area contributed by atoms with Gasteiger partial charge >= 0.3 is 0 Å². The average molecular weight is 274 g/mol. The van der Waals surface area contributed by atoms with Crippen molar-refractivity contribution in [3.63, 3.8) is 0 Å². The van der Waals surface area contributed by atoms with Crippen LogP contribution in [0.15, 0.2) is 41.7 Å². The zero-order valence-electron chi connectivity index (χ0n) is 11.0. The van der Waals surface area contributed by atoms with Crippen LogP contribution < -0.4 is 11.1 Å². The maximum Gasteiger partial charge on any atom is 0.188 e. The van der Waals surface area contributed by atoms with E-state index >= 15 is 0 Å². The topological polar surface area (TPSA) is 83.5 Å². The van der Waals surface area contributed by atoms with E-state index in [4.69, 9.17) is 10.9 Å². The Morgan fingerprint density at radius 2 is 2.20 bits per heavy atom. The SMILES string of the molecule is Cc1cc(F)cc(NCc2ccnc(C(N)=NO)c2)c1. The molecule has 104 valence electrons. The number of aryl methyl sites for hydroxylation is 1. The van der Waals surface area contributed by atoms with Crippen molar-refractivity contribution >= 4 is 11.5 Å². The normalized spacial score (nSPS) is 11.4. The maximum absolute atomic E-state index is 13.3. The number of nitrogens with zero attached hydrogens (tertiary/aromatic N) is 2. The predicted molar refractivity (Wildman–Crippen MR) is 75.2 cm³/mol. The molecule has 5 nitrogen and oxygen atoms in total. The number of hydrogen-bond acceptors (Lipinski definition) is 4. The first-order valence-corrected chi connectivity index (χ1v) is 6.02. The summed E-state index contributed by atoms with van der Waals surface area (Å²) in [7, 11) is 0. The molecule has 1 aromatic heterocycles. The number of benzene rings is 1. The Hall–Kier alpha value is -2.63. The summed E-state index contributed by atoms with van der Waals surface area (Å²) in [6, 6.07) is 8.25. The number of nitrogens with one attached hydrogen (secondary N) is 1. The van der Waals surface area contributed by atoms with Gasteiger partial charge in [-0.1, -0.05) is 5.16 Å². The molecule has 0 saturated carbocycles. The number of oxime groups is 1. The number of pyridine rings is 1. The van der Waals surface area contributed by atoms with Crippen molar-refractivity contribution in [2.24, 2.45) is 10.9 Å². The van der Waals surface area contributed by atoms with Crippen molar-refractivity contribution in [1.82, 2.24) is 4.98 Å². The highest BCUT2D eigenvalue weighted by Gasteiger charge is 2.03. The van der Waals surface area contributed by atoms with Gasteiger partial charge in [0.05, 0.1) is 0 Å². The molecule has 4 N–H and O–H groups in total. The summed E-state index contributed by atoms with van der Waals surface area (Å²) in [5, 5.41) is 14.6. The lowest BCUT2D eigenvalue weighted by Gasteiger charge is -2.08. The van der Waals surface area contributed by atoms with E-state index in [1.807, 2.05) is 13.0 Å². The molecular weight excluding hydrogens is 259 g/mol. The Labute approximate surface area is 116 Å². The molecule has 0 atom stereocenters. The predicted octanol–water partition coefficient (Wildman–Crippen LogP) is 2.24. The maximum atomic E-state index is 13.3. The molecule has 0 amide bonds. The number of hydrogen-bond donors (Lipinski definition) is 3. The first kappa shape index (κ1) is 13.8. The van der Waals surface area contributed by atoms with E-state index in [9.17, 15) is 4.39 Å². The molecule has 6 heteroatoms. The standard InChI is InChI=1S/C14H15FN4O/c1-9-4-11(15)7-12(5-9)18-8-10-2-3-17-13(6-10)14(16)19-20/h2-7,18,20H,8H2,1H3,(H2,16,19). The quantitative estimate of drug-likeness (QED) is 0.345. The van der Waals surface area contributed by atoms with Crippen molar-refractivity contribution in [3.8, 4) is 0 Å². The molecule has 0 bridgehead atoms. The highest BCUT2D eigenvalue weighted by atomic mass is 19.1. The number of aromatic nitrogens is 1. The molecule has 0 aliphatic rings. The van der Waals surface area contributed by atoms with Crippen LogP contribution in [0.4, 0.5) is 10.1 Å². The highest BCUT2D eigenvalue weighted by Crippen LogP contribution is 2.14. The molecule has 0 radical (unpaired) electrons. The molecule has 2 aromatic rings. The summed E-state index contributed by atoms with van der Waals surface area (Å²) in [4.78, 5) is 3.99. The van der Waals surface area contributed by atoms with E-state index in [0.717, 1.165) is 11.1 Å². The minimum absolute atomic E-state index is 0.0477. The largest absolute Gasteiger partial charge is 0.409 e. The molecule has 0 aliphatic heterocycles. The highest BCUT2D eigenvalue weighted by molar-refractivity contribution is 5.95. The van der Waals surface area contributed by atoms with Gasteiger partial charge in [0.1, 0.15) is 11.5 Å². The molecule has 0 fully saturated rings. The van der Waals surface area contributed by atoms with Crippen LogP contribution in [-0.2, 0) is 6.54 Å². The molecule has 0 spiro atoms. The summed E-state index contributed by atoms with van der Waals surface area (Å²) >= 11 is 0. The minimum atomic E-state index is -0.278. The van der Waals surface area contributed by atoms with E-state index < -0.39 is 0 Å². The summed E-state index contributed by atoms with van der Waals surface area (Å²) < 4.78 is 13.3. The number of anilines is 1. The Morgan fingerprint density at radius 1 is 1.40 bits per heavy atom. The van der Waals surface area contributed by atoms with Crippen molar-refractivity contribution in [1.29, 1.82) is 0 Å². The van der Waals surface area contributed by atoms with Crippen LogP contribution in [0.25, 0.3) is 0 Å². The summed E-state index contributed by atoms with van der Waals surface area (Å²) in [5.41, 5.74) is 8.31. The van der Waals surface area contributed by atoms with E-state index in [2.05, 4.69) is 15.5 Å². The Balaban J connectivity index is 2.11. The van der Waals surface area contributed by atoms with Crippen LogP contribution in [0, 0.1) is 12.7 Å². The van der Waals surface area contributed by atoms with Gasteiger partial charge in [-0.15, -0.1) is 0 Å². The van der Waals surface area contributed by atoms with Crippen LogP contribution in [-0.4, -0.2) is 16.0 Å². The third kappa shape index (κ3) is 3.44. The molecule has 0 aliphatic carbocycles. The lowest BCUT2D eigenvalue weighted by Crippen LogP contribution is -2.15. The fourth-order valence-corrected chi connectivity index (χ4v) is 1.82. The van der Waals surface area contributed by atoms with E-state index in [1.54, 1.807) is 18.3 Å². The lowest BCUT2D eigenvalue weighted by molar-refractivity contribution is 0.318. The second kappa shape index (κ2) is 6.01. The Morgan fingerprint density at radius 3 is 2.90 bits per heavy atom. The van der Waals surface area contributed by atoms with E-state index in [0.29, 0.717) is 17.9 Å². The van der Waals surface area contributed by atoms with Gasteiger partial charge in [0, 0.05) is 18.4 Å². The van der Waals surface area contributed by atoms with E-state index in [1.165, 1.54) is 12.1 Å². The molecule has 1 heterocycles.